The maximum atomic E-state index is 13.2. The lowest BCUT2D eigenvalue weighted by Crippen LogP contribution is -2.39. The number of carbonyl (C=O) groups excluding carboxylic acids is 1. The third-order valence-electron chi connectivity index (χ3n) is 5.13. The van der Waals surface area contributed by atoms with Gasteiger partial charge in [0, 0.05) is 31.7 Å². The molecule has 1 amide bonds. The molecule has 1 aliphatic rings. The Morgan fingerprint density at radius 2 is 1.96 bits per heavy atom. The van der Waals surface area contributed by atoms with Crippen LogP contribution in [0.25, 0.3) is 0 Å². The molecule has 0 bridgehead atoms. The molecular weight excluding hydrogens is 324 g/mol. The van der Waals surface area contributed by atoms with Gasteiger partial charge in [0.05, 0.1) is 12.6 Å². The molecule has 0 radical (unpaired) electrons. The van der Waals surface area contributed by atoms with Crippen molar-refractivity contribution in [3.63, 3.8) is 0 Å². The van der Waals surface area contributed by atoms with E-state index in [0.717, 1.165) is 44.6 Å². The maximum absolute atomic E-state index is 13.2. The third kappa shape index (κ3) is 3.57. The molecule has 0 aliphatic carbocycles. The Morgan fingerprint density at radius 3 is 2.77 bits per heavy atom. The average Bonchev–Trinajstić information content (AvgIpc) is 3.43. The first-order chi connectivity index (χ1) is 12.8. The summed E-state index contributed by atoms with van der Waals surface area (Å²) in [6.45, 7) is 2.41. The lowest BCUT2D eigenvalue weighted by molar-refractivity contribution is 0.0710. The van der Waals surface area contributed by atoms with E-state index in [0.29, 0.717) is 0 Å². The number of rotatable bonds is 6. The van der Waals surface area contributed by atoms with Crippen LogP contribution in [0, 0.1) is 0 Å². The predicted molar refractivity (Wildman–Crippen MR) is 101 cm³/mol. The van der Waals surface area contributed by atoms with E-state index in [2.05, 4.69) is 33.9 Å². The lowest BCUT2D eigenvalue weighted by atomic mass is 10.1. The number of nitrogens with zero attached hydrogens (tertiary/aromatic N) is 4. The summed E-state index contributed by atoms with van der Waals surface area (Å²) in [6.07, 6.45) is 8.78. The largest absolute Gasteiger partial charge is 0.343 e. The molecule has 0 N–H and O–H groups in total. The molecule has 1 atom stereocenters. The number of hydrogen-bond acceptors (Lipinski definition) is 2. The van der Waals surface area contributed by atoms with Crippen molar-refractivity contribution >= 4 is 5.91 Å². The maximum Gasteiger partial charge on any atom is 0.270 e. The molecule has 1 aromatic carbocycles. The van der Waals surface area contributed by atoms with Crippen molar-refractivity contribution in [3.05, 3.63) is 78.4 Å². The van der Waals surface area contributed by atoms with E-state index in [1.165, 1.54) is 5.56 Å². The molecule has 0 saturated carbocycles. The number of aromatic nitrogens is 3. The Bertz CT molecular complexity index is 838. The molecule has 4 rings (SSSR count). The molecule has 1 fully saturated rings. The molecule has 3 aromatic rings. The fraction of sp³-hybridized carbons (Fsp3) is 0.333. The highest BCUT2D eigenvalue weighted by Gasteiger charge is 2.30. The van der Waals surface area contributed by atoms with Gasteiger partial charge in [-0.25, -0.2) is 0 Å². The molecule has 2 aromatic heterocycles. The monoisotopic (exact) mass is 348 g/mol. The molecular formula is C21H24N4O. The number of aryl methyl sites for hydroxylation is 2. The Hall–Kier alpha value is -2.82. The minimum atomic E-state index is 0.137. The van der Waals surface area contributed by atoms with Gasteiger partial charge in [0.15, 0.2) is 0 Å². The van der Waals surface area contributed by atoms with Crippen LogP contribution in [0.4, 0.5) is 0 Å². The van der Waals surface area contributed by atoms with Crippen molar-refractivity contribution in [2.75, 3.05) is 6.54 Å². The first-order valence-electron chi connectivity index (χ1n) is 9.29. The number of hydrogen-bond donors (Lipinski definition) is 0. The normalized spacial score (nSPS) is 16.9. The number of benzene rings is 1. The number of amides is 1. The highest BCUT2D eigenvalue weighted by molar-refractivity contribution is 5.93. The van der Waals surface area contributed by atoms with Crippen LogP contribution >= 0.6 is 0 Å². The smallest absolute Gasteiger partial charge is 0.270 e. The van der Waals surface area contributed by atoms with E-state index < -0.39 is 0 Å². The zero-order valence-corrected chi connectivity index (χ0v) is 14.9. The molecule has 1 unspecified atom stereocenters. The van der Waals surface area contributed by atoms with Crippen LogP contribution in [0.1, 0.15) is 28.9 Å². The van der Waals surface area contributed by atoms with Crippen molar-refractivity contribution in [1.82, 2.24) is 19.2 Å². The lowest BCUT2D eigenvalue weighted by Gasteiger charge is -2.25. The van der Waals surface area contributed by atoms with Crippen LogP contribution in [0.15, 0.2) is 67.1 Å². The van der Waals surface area contributed by atoms with Crippen molar-refractivity contribution < 1.29 is 4.79 Å². The van der Waals surface area contributed by atoms with Gasteiger partial charge < -0.3 is 9.47 Å². The molecule has 0 spiro atoms. The van der Waals surface area contributed by atoms with Gasteiger partial charge in [-0.3, -0.25) is 9.48 Å². The highest BCUT2D eigenvalue weighted by atomic mass is 16.2. The summed E-state index contributed by atoms with van der Waals surface area (Å²) in [4.78, 5) is 15.2. The first-order valence-corrected chi connectivity index (χ1v) is 9.29. The van der Waals surface area contributed by atoms with Crippen molar-refractivity contribution in [1.29, 1.82) is 0 Å². The summed E-state index contributed by atoms with van der Waals surface area (Å²) in [7, 11) is 0. The topological polar surface area (TPSA) is 43.1 Å². The van der Waals surface area contributed by atoms with Crippen LogP contribution in [-0.4, -0.2) is 37.7 Å². The third-order valence-corrected chi connectivity index (χ3v) is 5.13. The SMILES string of the molecule is O=C(c1cccn1CCc1ccccc1)N1CCCC1Cn1cccn1. The standard InChI is InChI=1S/C21H24N4O/c26-21(25-15-4-9-19(25)17-24-14-6-12-22-24)20-10-5-13-23(20)16-11-18-7-2-1-3-8-18/h1-3,5-8,10,12-14,19H,4,9,11,15-17H2. The predicted octanol–water partition coefficient (Wildman–Crippen LogP) is 3.23. The van der Waals surface area contributed by atoms with Gasteiger partial charge in [0.1, 0.15) is 5.69 Å². The summed E-state index contributed by atoms with van der Waals surface area (Å²) >= 11 is 0. The summed E-state index contributed by atoms with van der Waals surface area (Å²) in [5, 5.41) is 4.29. The highest BCUT2D eigenvalue weighted by Crippen LogP contribution is 2.22. The van der Waals surface area contributed by atoms with Crippen LogP contribution in [0.5, 0.6) is 0 Å². The summed E-state index contributed by atoms with van der Waals surface area (Å²) < 4.78 is 4.00. The van der Waals surface area contributed by atoms with E-state index >= 15 is 0 Å². The fourth-order valence-corrected chi connectivity index (χ4v) is 3.76. The average molecular weight is 348 g/mol. The van der Waals surface area contributed by atoms with Gasteiger partial charge in [-0.15, -0.1) is 0 Å². The zero-order valence-electron chi connectivity index (χ0n) is 14.9. The Labute approximate surface area is 153 Å². The van der Waals surface area contributed by atoms with Crippen LogP contribution in [-0.2, 0) is 19.5 Å². The summed E-state index contributed by atoms with van der Waals surface area (Å²) in [6, 6.07) is 16.5. The van der Waals surface area contributed by atoms with Crippen molar-refractivity contribution in [3.8, 4) is 0 Å². The Morgan fingerprint density at radius 1 is 1.08 bits per heavy atom. The van der Waals surface area contributed by atoms with Crippen LogP contribution < -0.4 is 0 Å². The molecule has 5 heteroatoms. The van der Waals surface area contributed by atoms with Gasteiger partial charge >= 0.3 is 0 Å². The van der Waals surface area contributed by atoms with Crippen LogP contribution in [0.3, 0.4) is 0 Å². The molecule has 3 heterocycles. The molecule has 26 heavy (non-hydrogen) atoms. The van der Waals surface area contributed by atoms with Gasteiger partial charge in [0.25, 0.3) is 5.91 Å². The van der Waals surface area contributed by atoms with Crippen LogP contribution in [0.2, 0.25) is 0 Å². The first kappa shape index (κ1) is 16.6. The van der Waals surface area contributed by atoms with Gasteiger partial charge in [-0.2, -0.15) is 5.10 Å². The molecule has 1 saturated heterocycles. The second kappa shape index (κ2) is 7.60. The minimum Gasteiger partial charge on any atom is -0.343 e. The quantitative estimate of drug-likeness (QED) is 0.686. The van der Waals surface area contributed by atoms with E-state index in [-0.39, 0.29) is 11.9 Å². The molecule has 134 valence electrons. The van der Waals surface area contributed by atoms with Gasteiger partial charge in [0.2, 0.25) is 0 Å². The van der Waals surface area contributed by atoms with Crippen molar-refractivity contribution in [2.24, 2.45) is 0 Å². The van der Waals surface area contributed by atoms with Crippen molar-refractivity contribution in [2.45, 2.75) is 38.4 Å². The minimum absolute atomic E-state index is 0.137. The van der Waals surface area contributed by atoms with Gasteiger partial charge in [-0.1, -0.05) is 30.3 Å². The summed E-state index contributed by atoms with van der Waals surface area (Å²) in [5.74, 6) is 0.137. The number of carbonyl (C=O) groups is 1. The number of likely N-dealkylation sites (tertiary alicyclic amines) is 1. The Balaban J connectivity index is 1.45. The van der Waals surface area contributed by atoms with E-state index in [4.69, 9.17) is 0 Å². The van der Waals surface area contributed by atoms with E-state index in [1.54, 1.807) is 6.20 Å². The zero-order chi connectivity index (χ0) is 17.8. The molecule has 5 nitrogen and oxygen atoms in total. The van der Waals surface area contributed by atoms with E-state index in [1.807, 2.05) is 46.2 Å². The van der Waals surface area contributed by atoms with E-state index in [9.17, 15) is 4.79 Å². The van der Waals surface area contributed by atoms with Gasteiger partial charge in [-0.05, 0) is 43.0 Å². The summed E-state index contributed by atoms with van der Waals surface area (Å²) in [5.41, 5.74) is 2.07. The Kier molecular flexibility index (Phi) is 4.86. The second-order valence-corrected chi connectivity index (χ2v) is 6.85. The fourth-order valence-electron chi connectivity index (χ4n) is 3.76. The second-order valence-electron chi connectivity index (χ2n) is 6.85. The molecule has 1 aliphatic heterocycles.